The summed E-state index contributed by atoms with van der Waals surface area (Å²) in [6.07, 6.45) is 3.65. The van der Waals surface area contributed by atoms with Gasteiger partial charge in [0, 0.05) is 18.0 Å². The van der Waals surface area contributed by atoms with Crippen molar-refractivity contribution in [1.29, 1.82) is 0 Å². The monoisotopic (exact) mass is 263 g/mol. The highest BCUT2D eigenvalue weighted by Gasteiger charge is 2.20. The van der Waals surface area contributed by atoms with Crippen molar-refractivity contribution in [3.8, 4) is 0 Å². The number of benzene rings is 1. The normalized spacial score (nSPS) is 12.4. The average molecular weight is 263 g/mol. The van der Waals surface area contributed by atoms with Crippen molar-refractivity contribution < 1.29 is 8.78 Å². The number of hydrogen-bond donors (Lipinski definition) is 2. The highest BCUT2D eigenvalue weighted by atomic mass is 19.1. The first-order chi connectivity index (χ1) is 9.13. The van der Waals surface area contributed by atoms with Gasteiger partial charge in [-0.1, -0.05) is 6.07 Å². The Bertz CT molecular complexity index is 558. The Morgan fingerprint density at radius 2 is 1.89 bits per heavy atom. The van der Waals surface area contributed by atoms with E-state index in [2.05, 4.69) is 10.4 Å². The van der Waals surface area contributed by atoms with Gasteiger partial charge in [-0.15, -0.1) is 0 Å². The first-order valence-corrected chi connectivity index (χ1v) is 5.93. The van der Waals surface area contributed by atoms with Crippen LogP contribution in [0.5, 0.6) is 0 Å². The predicted molar refractivity (Wildman–Crippen MR) is 69.1 cm³/mol. The second kappa shape index (κ2) is 5.86. The van der Waals surface area contributed by atoms with Crippen molar-refractivity contribution in [3.05, 3.63) is 65.0 Å². The molecule has 1 aromatic heterocycles. The number of nitrogens with two attached hydrogens (primary N) is 1. The summed E-state index contributed by atoms with van der Waals surface area (Å²) < 4.78 is 27.9. The van der Waals surface area contributed by atoms with E-state index in [1.807, 2.05) is 0 Å². The van der Waals surface area contributed by atoms with Crippen molar-refractivity contribution in [2.45, 2.75) is 19.4 Å². The van der Waals surface area contributed by atoms with Crippen LogP contribution in [0.15, 0.2) is 36.7 Å². The maximum absolute atomic E-state index is 14.1. The van der Waals surface area contributed by atoms with E-state index in [1.54, 1.807) is 31.5 Å². The van der Waals surface area contributed by atoms with Crippen LogP contribution in [0.2, 0.25) is 0 Å². The number of rotatable bonds is 4. The molecule has 2 rings (SSSR count). The zero-order valence-corrected chi connectivity index (χ0v) is 10.5. The van der Waals surface area contributed by atoms with Gasteiger partial charge < -0.3 is 0 Å². The minimum absolute atomic E-state index is 0.0284. The molecule has 2 aromatic rings. The van der Waals surface area contributed by atoms with Gasteiger partial charge in [0.1, 0.15) is 11.6 Å². The van der Waals surface area contributed by atoms with Gasteiger partial charge in [0.25, 0.3) is 0 Å². The average Bonchev–Trinajstić information content (AvgIpc) is 2.43. The Balaban J connectivity index is 2.35. The lowest BCUT2D eigenvalue weighted by Crippen LogP contribution is -2.31. The smallest absolute Gasteiger partial charge is 0.133 e. The van der Waals surface area contributed by atoms with Gasteiger partial charge in [-0.2, -0.15) is 0 Å². The largest absolute Gasteiger partial charge is 0.271 e. The van der Waals surface area contributed by atoms with E-state index in [0.717, 1.165) is 5.56 Å². The van der Waals surface area contributed by atoms with Crippen LogP contribution >= 0.6 is 0 Å². The van der Waals surface area contributed by atoms with Crippen molar-refractivity contribution in [2.75, 3.05) is 0 Å². The lowest BCUT2D eigenvalue weighted by molar-refractivity contribution is 0.470. The molecule has 1 atom stereocenters. The molecule has 0 aliphatic rings. The molecular weight excluding hydrogens is 248 g/mol. The molecule has 0 saturated heterocycles. The maximum Gasteiger partial charge on any atom is 0.133 e. The van der Waals surface area contributed by atoms with Gasteiger partial charge in [0.2, 0.25) is 0 Å². The van der Waals surface area contributed by atoms with Crippen LogP contribution in [-0.4, -0.2) is 4.98 Å². The number of hydrazine groups is 1. The van der Waals surface area contributed by atoms with Crippen LogP contribution in [0.4, 0.5) is 8.78 Å². The van der Waals surface area contributed by atoms with Gasteiger partial charge >= 0.3 is 0 Å². The molecule has 1 unspecified atom stereocenters. The minimum Gasteiger partial charge on any atom is -0.271 e. The van der Waals surface area contributed by atoms with Crippen molar-refractivity contribution in [3.63, 3.8) is 0 Å². The summed E-state index contributed by atoms with van der Waals surface area (Å²) in [6.45, 7) is 1.60. The molecular formula is C14H15F2N3. The molecule has 0 aliphatic heterocycles. The number of hydrogen-bond acceptors (Lipinski definition) is 3. The molecule has 0 fully saturated rings. The van der Waals surface area contributed by atoms with E-state index >= 15 is 0 Å². The second-order valence-corrected chi connectivity index (χ2v) is 4.37. The van der Waals surface area contributed by atoms with Crippen molar-refractivity contribution >= 4 is 0 Å². The summed E-state index contributed by atoms with van der Waals surface area (Å²) in [5.74, 6) is 4.29. The van der Waals surface area contributed by atoms with Crippen molar-refractivity contribution in [1.82, 2.24) is 10.4 Å². The number of pyridine rings is 1. The molecule has 0 aliphatic carbocycles. The van der Waals surface area contributed by atoms with Crippen LogP contribution in [-0.2, 0) is 6.42 Å². The Morgan fingerprint density at radius 3 is 2.53 bits per heavy atom. The third-order valence-electron chi connectivity index (χ3n) is 3.06. The lowest BCUT2D eigenvalue weighted by atomic mass is 9.97. The van der Waals surface area contributed by atoms with Gasteiger partial charge in [-0.25, -0.2) is 8.78 Å². The summed E-state index contributed by atoms with van der Waals surface area (Å²) in [5, 5.41) is 0. The molecule has 0 amide bonds. The number of nitrogens with one attached hydrogen (secondary N) is 1. The molecule has 0 bridgehead atoms. The zero-order valence-electron chi connectivity index (χ0n) is 10.5. The van der Waals surface area contributed by atoms with E-state index in [1.165, 1.54) is 12.1 Å². The third kappa shape index (κ3) is 2.94. The molecule has 0 saturated carbocycles. The van der Waals surface area contributed by atoms with E-state index in [4.69, 9.17) is 5.84 Å². The summed E-state index contributed by atoms with van der Waals surface area (Å²) in [4.78, 5) is 3.90. The summed E-state index contributed by atoms with van der Waals surface area (Å²) >= 11 is 0. The van der Waals surface area contributed by atoms with Crippen molar-refractivity contribution in [2.24, 2.45) is 5.84 Å². The number of aromatic nitrogens is 1. The highest BCUT2D eigenvalue weighted by Crippen LogP contribution is 2.25. The summed E-state index contributed by atoms with van der Waals surface area (Å²) in [7, 11) is 0. The molecule has 3 N–H and O–H groups in total. The SMILES string of the molecule is Cc1ccc(F)c(C(Cc2ccncc2)NN)c1F. The number of aryl methyl sites for hydroxylation is 1. The fraction of sp³-hybridized carbons (Fsp3) is 0.214. The lowest BCUT2D eigenvalue weighted by Gasteiger charge is -2.18. The summed E-state index contributed by atoms with van der Waals surface area (Å²) in [5.41, 5.74) is 3.74. The van der Waals surface area contributed by atoms with E-state index in [-0.39, 0.29) is 5.56 Å². The van der Waals surface area contributed by atoms with Gasteiger partial charge in [-0.05, 0) is 42.7 Å². The van der Waals surface area contributed by atoms with E-state index in [9.17, 15) is 8.78 Å². The standard InChI is InChI=1S/C14H15F2N3/c1-9-2-3-11(15)13(14(9)16)12(19-17)8-10-4-6-18-7-5-10/h2-7,12,19H,8,17H2,1H3. The first kappa shape index (κ1) is 13.6. The molecule has 5 heteroatoms. The second-order valence-electron chi connectivity index (χ2n) is 4.37. The zero-order chi connectivity index (χ0) is 13.8. The molecule has 1 aromatic carbocycles. The number of nitrogens with zero attached hydrogens (tertiary/aromatic N) is 1. The Kier molecular flexibility index (Phi) is 4.19. The van der Waals surface area contributed by atoms with E-state index < -0.39 is 17.7 Å². The molecule has 19 heavy (non-hydrogen) atoms. The minimum atomic E-state index is -0.623. The van der Waals surface area contributed by atoms with Gasteiger partial charge in [-0.3, -0.25) is 16.3 Å². The first-order valence-electron chi connectivity index (χ1n) is 5.93. The Labute approximate surface area is 110 Å². The quantitative estimate of drug-likeness (QED) is 0.658. The van der Waals surface area contributed by atoms with Gasteiger partial charge in [0.05, 0.1) is 6.04 Å². The van der Waals surface area contributed by atoms with Crippen LogP contribution in [0.1, 0.15) is 22.7 Å². The molecule has 1 heterocycles. The van der Waals surface area contributed by atoms with Crippen LogP contribution < -0.4 is 11.3 Å². The fourth-order valence-corrected chi connectivity index (χ4v) is 2.00. The highest BCUT2D eigenvalue weighted by molar-refractivity contribution is 5.30. The molecule has 0 spiro atoms. The van der Waals surface area contributed by atoms with E-state index in [0.29, 0.717) is 12.0 Å². The van der Waals surface area contributed by atoms with Crippen LogP contribution in [0.3, 0.4) is 0 Å². The molecule has 0 radical (unpaired) electrons. The third-order valence-corrected chi connectivity index (χ3v) is 3.06. The Morgan fingerprint density at radius 1 is 1.21 bits per heavy atom. The predicted octanol–water partition coefficient (Wildman–Crippen LogP) is 2.42. The maximum atomic E-state index is 14.1. The topological polar surface area (TPSA) is 50.9 Å². The van der Waals surface area contributed by atoms with Crippen LogP contribution in [0.25, 0.3) is 0 Å². The Hall–Kier alpha value is -1.85. The van der Waals surface area contributed by atoms with Gasteiger partial charge in [0.15, 0.2) is 0 Å². The molecule has 3 nitrogen and oxygen atoms in total. The summed E-state index contributed by atoms with van der Waals surface area (Å²) in [6, 6.07) is 5.62. The molecule has 100 valence electrons. The number of halogens is 2. The van der Waals surface area contributed by atoms with Crippen LogP contribution in [0, 0.1) is 18.6 Å². The fourth-order valence-electron chi connectivity index (χ4n) is 2.00.